The second kappa shape index (κ2) is 4.77. The van der Waals surface area contributed by atoms with Crippen LogP contribution in [0.1, 0.15) is 50.0 Å². The molecule has 4 heteroatoms. The van der Waals surface area contributed by atoms with Gasteiger partial charge in [0.1, 0.15) is 0 Å². The zero-order valence-corrected chi connectivity index (χ0v) is 12.9. The van der Waals surface area contributed by atoms with Crippen molar-refractivity contribution < 1.29 is 9.53 Å². The van der Waals surface area contributed by atoms with Crippen LogP contribution in [-0.4, -0.2) is 23.2 Å². The van der Waals surface area contributed by atoms with Crippen LogP contribution in [0.15, 0.2) is 18.2 Å². The van der Waals surface area contributed by atoms with E-state index < -0.39 is 5.91 Å². The summed E-state index contributed by atoms with van der Waals surface area (Å²) in [6, 6.07) is 5.72. The molecule has 1 unspecified atom stereocenters. The lowest BCUT2D eigenvalue weighted by Crippen LogP contribution is -2.38. The molecular formula is C16H24N2O2. The van der Waals surface area contributed by atoms with E-state index in [9.17, 15) is 4.79 Å². The minimum atomic E-state index is -0.398. The molecule has 20 heavy (non-hydrogen) atoms. The van der Waals surface area contributed by atoms with E-state index in [1.807, 2.05) is 19.1 Å². The zero-order chi connectivity index (χ0) is 15.1. The van der Waals surface area contributed by atoms with Crippen LogP contribution in [0, 0.1) is 6.92 Å². The molecule has 1 atom stereocenters. The molecule has 1 aliphatic rings. The Hall–Kier alpha value is -1.55. The number of hydrogen-bond acceptors (Lipinski definition) is 3. The van der Waals surface area contributed by atoms with Crippen LogP contribution in [0.5, 0.6) is 0 Å². The van der Waals surface area contributed by atoms with Gasteiger partial charge in [-0.3, -0.25) is 4.79 Å². The number of carbonyl (C=O) groups is 1. The van der Waals surface area contributed by atoms with Crippen LogP contribution in [0.2, 0.25) is 0 Å². The van der Waals surface area contributed by atoms with Crippen LogP contribution < -0.4 is 11.1 Å². The van der Waals surface area contributed by atoms with E-state index in [-0.39, 0.29) is 17.2 Å². The Bertz CT molecular complexity index is 535. The van der Waals surface area contributed by atoms with E-state index in [0.717, 1.165) is 17.7 Å². The number of carbonyl (C=O) groups excluding carboxylic acids is 1. The van der Waals surface area contributed by atoms with Gasteiger partial charge in [-0.05, 0) is 64.8 Å². The molecule has 1 fully saturated rings. The van der Waals surface area contributed by atoms with Gasteiger partial charge < -0.3 is 15.8 Å². The lowest BCUT2D eigenvalue weighted by Gasteiger charge is -2.29. The lowest BCUT2D eigenvalue weighted by molar-refractivity contribution is -0.0662. The number of primary amides is 1. The van der Waals surface area contributed by atoms with Gasteiger partial charge in [0.2, 0.25) is 5.91 Å². The maximum atomic E-state index is 11.2. The van der Waals surface area contributed by atoms with Crippen molar-refractivity contribution in [3.63, 3.8) is 0 Å². The summed E-state index contributed by atoms with van der Waals surface area (Å²) in [5.41, 5.74) is 7.52. The topological polar surface area (TPSA) is 64.4 Å². The largest absolute Gasteiger partial charge is 0.379 e. The van der Waals surface area contributed by atoms with Gasteiger partial charge in [-0.25, -0.2) is 0 Å². The highest BCUT2D eigenvalue weighted by molar-refractivity contribution is 5.93. The van der Waals surface area contributed by atoms with Gasteiger partial charge in [-0.1, -0.05) is 0 Å². The first-order valence-electron chi connectivity index (χ1n) is 6.98. The maximum Gasteiger partial charge on any atom is 0.248 e. The molecule has 0 saturated carbocycles. The minimum Gasteiger partial charge on any atom is -0.379 e. The van der Waals surface area contributed by atoms with Crippen molar-refractivity contribution >= 4 is 11.6 Å². The Kier molecular flexibility index (Phi) is 3.54. The first-order chi connectivity index (χ1) is 9.11. The third-order valence-corrected chi connectivity index (χ3v) is 3.91. The van der Waals surface area contributed by atoms with Gasteiger partial charge >= 0.3 is 0 Å². The lowest BCUT2D eigenvalue weighted by atomic mass is 9.94. The van der Waals surface area contributed by atoms with Gasteiger partial charge in [0.05, 0.1) is 17.2 Å². The normalized spacial score (nSPS) is 23.6. The first kappa shape index (κ1) is 14.9. The molecule has 3 N–H and O–H groups in total. The van der Waals surface area contributed by atoms with Gasteiger partial charge in [0, 0.05) is 11.3 Å². The molecule has 1 aromatic rings. The fourth-order valence-corrected chi connectivity index (χ4v) is 2.95. The van der Waals surface area contributed by atoms with Gasteiger partial charge in [0.15, 0.2) is 0 Å². The zero-order valence-electron chi connectivity index (χ0n) is 12.9. The molecule has 1 saturated heterocycles. The molecule has 110 valence electrons. The van der Waals surface area contributed by atoms with E-state index in [1.165, 1.54) is 0 Å². The molecular weight excluding hydrogens is 252 g/mol. The third kappa shape index (κ3) is 2.96. The molecule has 1 heterocycles. The Morgan fingerprint density at radius 2 is 2.00 bits per heavy atom. The summed E-state index contributed by atoms with van der Waals surface area (Å²) in [5, 5.41) is 3.54. The highest BCUT2D eigenvalue weighted by Crippen LogP contribution is 2.39. The molecule has 0 radical (unpaired) electrons. The van der Waals surface area contributed by atoms with Gasteiger partial charge in [0.25, 0.3) is 0 Å². The van der Waals surface area contributed by atoms with Crippen molar-refractivity contribution in [3.8, 4) is 0 Å². The monoisotopic (exact) mass is 276 g/mol. The van der Waals surface area contributed by atoms with E-state index in [2.05, 4.69) is 33.0 Å². The number of anilines is 1. The number of nitrogens with two attached hydrogens (primary N) is 1. The van der Waals surface area contributed by atoms with E-state index >= 15 is 0 Å². The predicted octanol–water partition coefficient (Wildman–Crippen LogP) is 2.85. The highest BCUT2D eigenvalue weighted by atomic mass is 16.5. The van der Waals surface area contributed by atoms with E-state index in [0.29, 0.717) is 5.56 Å². The summed E-state index contributed by atoms with van der Waals surface area (Å²) in [6.45, 7) is 10.4. The van der Waals surface area contributed by atoms with Crippen molar-refractivity contribution in [2.24, 2.45) is 5.73 Å². The summed E-state index contributed by atoms with van der Waals surface area (Å²) in [5.74, 6) is -0.398. The van der Waals surface area contributed by atoms with E-state index in [1.54, 1.807) is 6.07 Å². The molecule has 4 nitrogen and oxygen atoms in total. The van der Waals surface area contributed by atoms with Crippen molar-refractivity contribution in [2.45, 2.75) is 58.3 Å². The molecule has 0 aromatic heterocycles. The number of benzene rings is 1. The number of amides is 1. The van der Waals surface area contributed by atoms with Gasteiger partial charge in [-0.2, -0.15) is 0 Å². The molecule has 1 aliphatic heterocycles. The summed E-state index contributed by atoms with van der Waals surface area (Å²) in [4.78, 5) is 11.2. The predicted molar refractivity (Wildman–Crippen MR) is 81.0 cm³/mol. The fraction of sp³-hybridized carbons (Fsp3) is 0.562. The molecule has 1 aromatic carbocycles. The Morgan fingerprint density at radius 3 is 2.45 bits per heavy atom. The number of aryl methyl sites for hydroxylation is 1. The Balaban J connectivity index is 2.21. The third-order valence-electron chi connectivity index (χ3n) is 3.91. The standard InChI is InChI=1S/C16H24N2O2/c1-10-8-11(14(17)19)6-7-12(10)18-13-9-15(2,3)20-16(13,4)5/h6-8,13,18H,9H2,1-5H3,(H2,17,19). The first-order valence-corrected chi connectivity index (χ1v) is 6.98. The highest BCUT2D eigenvalue weighted by Gasteiger charge is 2.45. The van der Waals surface area contributed by atoms with E-state index in [4.69, 9.17) is 10.5 Å². The number of rotatable bonds is 3. The second-order valence-electron chi connectivity index (χ2n) is 6.76. The van der Waals surface area contributed by atoms with Crippen LogP contribution in [0.4, 0.5) is 5.69 Å². The quantitative estimate of drug-likeness (QED) is 0.892. The number of hydrogen-bond donors (Lipinski definition) is 2. The van der Waals surface area contributed by atoms with Crippen molar-refractivity contribution in [1.29, 1.82) is 0 Å². The van der Waals surface area contributed by atoms with Crippen molar-refractivity contribution in [3.05, 3.63) is 29.3 Å². The molecule has 0 spiro atoms. The second-order valence-corrected chi connectivity index (χ2v) is 6.76. The molecule has 0 aliphatic carbocycles. The van der Waals surface area contributed by atoms with Crippen LogP contribution in [0.25, 0.3) is 0 Å². The van der Waals surface area contributed by atoms with Crippen LogP contribution in [0.3, 0.4) is 0 Å². The summed E-state index contributed by atoms with van der Waals surface area (Å²) < 4.78 is 6.09. The van der Waals surface area contributed by atoms with Gasteiger partial charge in [-0.15, -0.1) is 0 Å². The van der Waals surface area contributed by atoms with Crippen molar-refractivity contribution in [2.75, 3.05) is 5.32 Å². The summed E-state index contributed by atoms with van der Waals surface area (Å²) in [7, 11) is 0. The average molecular weight is 276 g/mol. The average Bonchev–Trinajstić information content (AvgIpc) is 2.49. The number of nitrogens with one attached hydrogen (secondary N) is 1. The number of ether oxygens (including phenoxy) is 1. The minimum absolute atomic E-state index is 0.123. The fourth-order valence-electron chi connectivity index (χ4n) is 2.95. The molecule has 1 amide bonds. The maximum absolute atomic E-state index is 11.2. The smallest absolute Gasteiger partial charge is 0.248 e. The summed E-state index contributed by atoms with van der Waals surface area (Å²) >= 11 is 0. The molecule has 2 rings (SSSR count). The Labute approximate surface area is 120 Å². The summed E-state index contributed by atoms with van der Waals surface area (Å²) in [6.07, 6.45) is 0.941. The Morgan fingerprint density at radius 1 is 1.35 bits per heavy atom. The molecule has 0 bridgehead atoms. The van der Waals surface area contributed by atoms with Crippen LogP contribution in [-0.2, 0) is 4.74 Å². The van der Waals surface area contributed by atoms with Crippen LogP contribution >= 0.6 is 0 Å². The van der Waals surface area contributed by atoms with Crippen molar-refractivity contribution in [1.82, 2.24) is 0 Å². The SMILES string of the molecule is Cc1cc(C(N)=O)ccc1NC1CC(C)(C)OC1(C)C.